The molecule has 0 heterocycles. The van der Waals surface area contributed by atoms with Gasteiger partial charge in [0.05, 0.1) is 20.6 Å². The fourth-order valence-electron chi connectivity index (χ4n) is 1.34. The topological polar surface area (TPSA) is 38.8 Å². The molecule has 0 fully saturated rings. The molecular formula is C12H17NO3. The molecule has 0 spiro atoms. The zero-order valence-electron chi connectivity index (χ0n) is 9.68. The second kappa shape index (κ2) is 6.98. The van der Waals surface area contributed by atoms with E-state index in [0.717, 1.165) is 5.56 Å². The molecule has 4 nitrogen and oxygen atoms in total. The third-order valence-electron chi connectivity index (χ3n) is 2.25. The lowest BCUT2D eigenvalue weighted by atomic mass is 10.2. The lowest BCUT2D eigenvalue weighted by molar-refractivity contribution is -0.155. The Labute approximate surface area is 95.7 Å². The quantitative estimate of drug-likeness (QED) is 0.542. The molecular weight excluding hydrogens is 206 g/mol. The van der Waals surface area contributed by atoms with Crippen LogP contribution < -0.4 is 0 Å². The molecule has 0 aliphatic carbocycles. The van der Waals surface area contributed by atoms with Crippen molar-refractivity contribution in [2.45, 2.75) is 13.0 Å². The first-order valence-electron chi connectivity index (χ1n) is 5.16. The zero-order valence-corrected chi connectivity index (χ0v) is 9.68. The van der Waals surface area contributed by atoms with Gasteiger partial charge in [-0.25, -0.2) is 0 Å². The first-order chi connectivity index (χ1) is 7.76. The number of nitrogens with zero attached hydrogens (tertiary/aromatic N) is 1. The van der Waals surface area contributed by atoms with Gasteiger partial charge in [0.2, 0.25) is 0 Å². The monoisotopic (exact) mass is 223 g/mol. The highest BCUT2D eigenvalue weighted by molar-refractivity contribution is 5.69. The summed E-state index contributed by atoms with van der Waals surface area (Å²) in [7, 11) is 2.98. The molecule has 1 rings (SSSR count). The van der Waals surface area contributed by atoms with Crippen molar-refractivity contribution < 1.29 is 14.4 Å². The molecule has 0 radical (unpaired) electrons. The van der Waals surface area contributed by atoms with Crippen LogP contribution in [0.25, 0.3) is 0 Å². The molecule has 1 aromatic rings. The molecule has 0 saturated heterocycles. The van der Waals surface area contributed by atoms with Crippen molar-refractivity contribution in [3.05, 3.63) is 35.9 Å². The van der Waals surface area contributed by atoms with E-state index in [4.69, 9.17) is 4.84 Å². The fourth-order valence-corrected chi connectivity index (χ4v) is 1.34. The zero-order chi connectivity index (χ0) is 11.8. The number of rotatable bonds is 6. The number of esters is 1. The number of methoxy groups -OCH3 is 1. The third kappa shape index (κ3) is 4.42. The average molecular weight is 223 g/mol. The summed E-state index contributed by atoms with van der Waals surface area (Å²) in [6, 6.07) is 9.95. The van der Waals surface area contributed by atoms with Crippen molar-refractivity contribution in [3.8, 4) is 0 Å². The van der Waals surface area contributed by atoms with E-state index in [1.807, 2.05) is 30.3 Å². The van der Waals surface area contributed by atoms with Gasteiger partial charge in [-0.2, -0.15) is 5.06 Å². The normalized spacial score (nSPS) is 10.4. The Kier molecular flexibility index (Phi) is 5.53. The van der Waals surface area contributed by atoms with Gasteiger partial charge in [0.15, 0.2) is 0 Å². The van der Waals surface area contributed by atoms with Crippen LogP contribution in [0.15, 0.2) is 30.3 Å². The Balaban J connectivity index is 2.40. The summed E-state index contributed by atoms with van der Waals surface area (Å²) in [6.07, 6.45) is 0.331. The molecule has 0 aliphatic heterocycles. The third-order valence-corrected chi connectivity index (χ3v) is 2.25. The van der Waals surface area contributed by atoms with Gasteiger partial charge in [0.25, 0.3) is 0 Å². The van der Waals surface area contributed by atoms with Gasteiger partial charge in [-0.05, 0) is 5.56 Å². The minimum absolute atomic E-state index is 0.227. The summed E-state index contributed by atoms with van der Waals surface area (Å²) < 4.78 is 4.57. The number of hydrogen-bond acceptors (Lipinski definition) is 4. The van der Waals surface area contributed by atoms with E-state index in [-0.39, 0.29) is 5.97 Å². The summed E-state index contributed by atoms with van der Waals surface area (Å²) >= 11 is 0. The van der Waals surface area contributed by atoms with Crippen molar-refractivity contribution in [3.63, 3.8) is 0 Å². The maximum absolute atomic E-state index is 11.0. The molecule has 0 aromatic heterocycles. The van der Waals surface area contributed by atoms with Crippen LogP contribution in [0.5, 0.6) is 0 Å². The summed E-state index contributed by atoms with van der Waals surface area (Å²) in [5.41, 5.74) is 1.15. The molecule has 0 saturated carbocycles. The Morgan fingerprint density at radius 3 is 2.50 bits per heavy atom. The van der Waals surface area contributed by atoms with Crippen molar-refractivity contribution in [1.29, 1.82) is 0 Å². The van der Waals surface area contributed by atoms with E-state index >= 15 is 0 Å². The lowest BCUT2D eigenvalue weighted by Gasteiger charge is -2.18. The minimum Gasteiger partial charge on any atom is -0.469 e. The summed E-state index contributed by atoms with van der Waals surface area (Å²) in [5.74, 6) is -0.227. The molecule has 0 atom stereocenters. The van der Waals surface area contributed by atoms with Crippen molar-refractivity contribution in [2.75, 3.05) is 20.8 Å². The van der Waals surface area contributed by atoms with Crippen LogP contribution in [0.2, 0.25) is 0 Å². The van der Waals surface area contributed by atoms with Crippen LogP contribution in [-0.2, 0) is 20.9 Å². The van der Waals surface area contributed by atoms with Crippen molar-refractivity contribution in [1.82, 2.24) is 5.06 Å². The number of carbonyl (C=O) groups is 1. The Bertz CT molecular complexity index is 313. The predicted octanol–water partition coefficient (Wildman–Crippen LogP) is 1.61. The molecule has 16 heavy (non-hydrogen) atoms. The SMILES string of the molecule is COC(=O)CCN(Cc1ccccc1)OC. The second-order valence-electron chi connectivity index (χ2n) is 3.36. The van der Waals surface area contributed by atoms with E-state index in [2.05, 4.69) is 4.74 Å². The van der Waals surface area contributed by atoms with Crippen molar-refractivity contribution >= 4 is 5.97 Å². The number of hydrogen-bond donors (Lipinski definition) is 0. The van der Waals surface area contributed by atoms with Crippen LogP contribution in [0.4, 0.5) is 0 Å². The molecule has 0 aliphatic rings. The number of ether oxygens (including phenoxy) is 1. The minimum atomic E-state index is -0.227. The van der Waals surface area contributed by atoms with E-state index in [9.17, 15) is 4.79 Å². The van der Waals surface area contributed by atoms with Crippen LogP contribution in [0, 0.1) is 0 Å². The lowest BCUT2D eigenvalue weighted by Crippen LogP contribution is -2.25. The van der Waals surface area contributed by atoms with E-state index in [1.165, 1.54) is 7.11 Å². The van der Waals surface area contributed by atoms with Crippen LogP contribution >= 0.6 is 0 Å². The number of hydroxylamine groups is 2. The largest absolute Gasteiger partial charge is 0.469 e. The molecule has 0 amide bonds. The van der Waals surface area contributed by atoms with Gasteiger partial charge >= 0.3 is 5.97 Å². The number of carbonyl (C=O) groups excluding carboxylic acids is 1. The van der Waals surface area contributed by atoms with Gasteiger partial charge in [-0.1, -0.05) is 30.3 Å². The van der Waals surface area contributed by atoms with Crippen LogP contribution in [0.3, 0.4) is 0 Å². The molecule has 0 N–H and O–H groups in total. The van der Waals surface area contributed by atoms with Crippen LogP contribution in [0.1, 0.15) is 12.0 Å². The fraction of sp³-hybridized carbons (Fsp3) is 0.417. The Morgan fingerprint density at radius 1 is 1.25 bits per heavy atom. The number of benzene rings is 1. The van der Waals surface area contributed by atoms with E-state index < -0.39 is 0 Å². The highest BCUT2D eigenvalue weighted by Gasteiger charge is 2.08. The maximum atomic E-state index is 11.0. The Morgan fingerprint density at radius 2 is 1.94 bits per heavy atom. The highest BCUT2D eigenvalue weighted by atomic mass is 16.7. The van der Waals surface area contributed by atoms with E-state index in [0.29, 0.717) is 19.5 Å². The Hall–Kier alpha value is -1.39. The first-order valence-corrected chi connectivity index (χ1v) is 5.16. The van der Waals surface area contributed by atoms with E-state index in [1.54, 1.807) is 12.2 Å². The molecule has 88 valence electrons. The first kappa shape index (κ1) is 12.7. The summed E-state index contributed by atoms with van der Waals surface area (Å²) in [4.78, 5) is 16.2. The van der Waals surface area contributed by atoms with Gasteiger partial charge < -0.3 is 9.57 Å². The molecule has 0 bridgehead atoms. The predicted molar refractivity (Wildman–Crippen MR) is 60.5 cm³/mol. The maximum Gasteiger partial charge on any atom is 0.306 e. The highest BCUT2D eigenvalue weighted by Crippen LogP contribution is 2.05. The second-order valence-corrected chi connectivity index (χ2v) is 3.36. The van der Waals surface area contributed by atoms with Gasteiger partial charge in [-0.3, -0.25) is 4.79 Å². The summed E-state index contributed by atoms with van der Waals surface area (Å²) in [5, 5.41) is 1.73. The van der Waals surface area contributed by atoms with Gasteiger partial charge in [0.1, 0.15) is 0 Å². The molecule has 0 unspecified atom stereocenters. The smallest absolute Gasteiger partial charge is 0.306 e. The molecule has 4 heteroatoms. The van der Waals surface area contributed by atoms with Crippen molar-refractivity contribution in [2.24, 2.45) is 0 Å². The van der Waals surface area contributed by atoms with Gasteiger partial charge in [-0.15, -0.1) is 0 Å². The van der Waals surface area contributed by atoms with Crippen LogP contribution in [-0.4, -0.2) is 31.8 Å². The molecule has 1 aromatic carbocycles. The standard InChI is InChI=1S/C12H17NO3/c1-15-12(14)8-9-13(16-2)10-11-6-4-3-5-7-11/h3-7H,8-10H2,1-2H3. The summed E-state index contributed by atoms with van der Waals surface area (Å²) in [6.45, 7) is 1.19. The van der Waals surface area contributed by atoms with Gasteiger partial charge in [0, 0.05) is 13.1 Å². The average Bonchev–Trinajstić information content (AvgIpc) is 2.35.